The zero-order valence-electron chi connectivity index (χ0n) is 11.9. The summed E-state index contributed by atoms with van der Waals surface area (Å²) in [6.45, 7) is 2.17. The van der Waals surface area contributed by atoms with Gasteiger partial charge >= 0.3 is 0 Å². The molecule has 1 aromatic carbocycles. The average Bonchev–Trinajstić information content (AvgIpc) is 2.87. The zero-order chi connectivity index (χ0) is 14.7. The van der Waals surface area contributed by atoms with E-state index in [4.69, 9.17) is 0 Å². The lowest BCUT2D eigenvalue weighted by molar-refractivity contribution is -0.118. The minimum Gasteiger partial charge on any atom is -0.356 e. The molecule has 4 heteroatoms. The van der Waals surface area contributed by atoms with Gasteiger partial charge in [0.05, 0.1) is 5.69 Å². The van der Waals surface area contributed by atoms with E-state index in [1.54, 1.807) is 6.20 Å². The van der Waals surface area contributed by atoms with Crippen LogP contribution in [0, 0.1) is 0 Å². The Morgan fingerprint density at radius 1 is 1.24 bits per heavy atom. The molecule has 2 heterocycles. The molecule has 1 amide bonds. The number of benzene rings is 1. The number of aromatic amines is 1. The molecular formula is C17H17N3O. The van der Waals surface area contributed by atoms with Gasteiger partial charge in [-0.25, -0.2) is 0 Å². The van der Waals surface area contributed by atoms with Crippen molar-refractivity contribution in [3.05, 3.63) is 54.4 Å². The number of fused-ring (bicyclic) bond motifs is 1. The summed E-state index contributed by atoms with van der Waals surface area (Å²) in [5.74, 6) is -0.00207. The van der Waals surface area contributed by atoms with Crippen LogP contribution in [0.4, 0.5) is 0 Å². The molecule has 3 rings (SSSR count). The molecule has 0 atom stereocenters. The van der Waals surface area contributed by atoms with Crippen molar-refractivity contribution < 1.29 is 4.79 Å². The molecular weight excluding hydrogens is 262 g/mol. The smallest absolute Gasteiger partial charge is 0.216 e. The first-order chi connectivity index (χ1) is 10.3. The summed E-state index contributed by atoms with van der Waals surface area (Å²) in [6.07, 6.45) is 4.41. The predicted octanol–water partition coefficient (Wildman–Crippen LogP) is 2.91. The molecule has 0 spiro atoms. The van der Waals surface area contributed by atoms with Crippen molar-refractivity contribution in [2.75, 3.05) is 6.54 Å². The van der Waals surface area contributed by atoms with Crippen LogP contribution in [0.1, 0.15) is 12.5 Å². The van der Waals surface area contributed by atoms with E-state index in [-0.39, 0.29) is 5.91 Å². The molecule has 0 fully saturated rings. The molecule has 0 radical (unpaired) electrons. The number of hydrogen-bond acceptors (Lipinski definition) is 2. The number of hydrogen-bond donors (Lipinski definition) is 2. The van der Waals surface area contributed by atoms with Gasteiger partial charge in [-0.15, -0.1) is 0 Å². The minimum atomic E-state index is -0.00207. The van der Waals surface area contributed by atoms with Gasteiger partial charge in [-0.05, 0) is 30.2 Å². The number of carbonyl (C=O) groups excluding carboxylic acids is 1. The molecule has 2 aromatic heterocycles. The fraction of sp³-hybridized carbons (Fsp3) is 0.176. The third kappa shape index (κ3) is 2.79. The number of aromatic nitrogens is 2. The molecule has 0 aliphatic rings. The Balaban J connectivity index is 2.04. The summed E-state index contributed by atoms with van der Waals surface area (Å²) < 4.78 is 0. The molecule has 106 valence electrons. The van der Waals surface area contributed by atoms with Crippen molar-refractivity contribution in [2.45, 2.75) is 13.3 Å². The topological polar surface area (TPSA) is 57.8 Å². The van der Waals surface area contributed by atoms with E-state index in [9.17, 15) is 4.79 Å². The highest BCUT2D eigenvalue weighted by atomic mass is 16.1. The number of carbonyl (C=O) groups is 1. The summed E-state index contributed by atoms with van der Waals surface area (Å²) in [5, 5.41) is 4.05. The molecule has 0 saturated heterocycles. The molecule has 0 bridgehead atoms. The molecule has 0 saturated carbocycles. The third-order valence-electron chi connectivity index (χ3n) is 3.51. The summed E-state index contributed by atoms with van der Waals surface area (Å²) in [4.78, 5) is 18.7. The van der Waals surface area contributed by atoms with Gasteiger partial charge in [0.2, 0.25) is 5.91 Å². The van der Waals surface area contributed by atoms with Crippen molar-refractivity contribution in [1.82, 2.24) is 15.3 Å². The fourth-order valence-corrected chi connectivity index (χ4v) is 2.58. The van der Waals surface area contributed by atoms with E-state index in [1.165, 1.54) is 17.9 Å². The maximum atomic E-state index is 11.1. The fourth-order valence-electron chi connectivity index (χ4n) is 2.58. The van der Waals surface area contributed by atoms with Gasteiger partial charge in [0.25, 0.3) is 0 Å². The number of para-hydroxylation sites is 1. The van der Waals surface area contributed by atoms with Crippen LogP contribution in [-0.4, -0.2) is 22.4 Å². The summed E-state index contributed by atoms with van der Waals surface area (Å²) in [5.41, 5.74) is 4.46. The van der Waals surface area contributed by atoms with E-state index >= 15 is 0 Å². The Bertz CT molecular complexity index is 762. The molecule has 4 nitrogen and oxygen atoms in total. The van der Waals surface area contributed by atoms with Crippen LogP contribution >= 0.6 is 0 Å². The van der Waals surface area contributed by atoms with Crippen LogP contribution in [-0.2, 0) is 11.2 Å². The zero-order valence-corrected chi connectivity index (χ0v) is 11.9. The first-order valence-corrected chi connectivity index (χ1v) is 7.00. The number of nitrogens with zero attached hydrogens (tertiary/aromatic N) is 1. The quantitative estimate of drug-likeness (QED) is 0.771. The third-order valence-corrected chi connectivity index (χ3v) is 3.51. The van der Waals surface area contributed by atoms with Crippen LogP contribution in [0.15, 0.2) is 48.8 Å². The SMILES string of the molecule is CC(=O)NCCc1c(-c2cccnc2)[nH]c2ccccc12. The predicted molar refractivity (Wildman–Crippen MR) is 83.9 cm³/mol. The molecule has 0 aliphatic carbocycles. The van der Waals surface area contributed by atoms with Crippen LogP contribution in [0.5, 0.6) is 0 Å². The highest BCUT2D eigenvalue weighted by Gasteiger charge is 2.12. The average molecular weight is 279 g/mol. The molecule has 0 aliphatic heterocycles. The van der Waals surface area contributed by atoms with Crippen molar-refractivity contribution in [1.29, 1.82) is 0 Å². The maximum absolute atomic E-state index is 11.1. The van der Waals surface area contributed by atoms with Crippen molar-refractivity contribution in [3.8, 4) is 11.3 Å². The molecule has 0 unspecified atom stereocenters. The van der Waals surface area contributed by atoms with E-state index < -0.39 is 0 Å². The molecule has 2 N–H and O–H groups in total. The number of nitrogens with one attached hydrogen (secondary N) is 2. The highest BCUT2D eigenvalue weighted by molar-refractivity contribution is 5.90. The molecule has 21 heavy (non-hydrogen) atoms. The van der Waals surface area contributed by atoms with Crippen LogP contribution in [0.2, 0.25) is 0 Å². The minimum absolute atomic E-state index is 0.00207. The number of H-pyrrole nitrogens is 1. The number of rotatable bonds is 4. The van der Waals surface area contributed by atoms with E-state index in [2.05, 4.69) is 27.4 Å². The Labute approximate surface area is 123 Å². The van der Waals surface area contributed by atoms with Crippen LogP contribution in [0.25, 0.3) is 22.2 Å². The van der Waals surface area contributed by atoms with Gasteiger partial charge in [-0.3, -0.25) is 9.78 Å². The number of amides is 1. The van der Waals surface area contributed by atoms with E-state index in [0.29, 0.717) is 6.54 Å². The van der Waals surface area contributed by atoms with Crippen molar-refractivity contribution >= 4 is 16.8 Å². The lowest BCUT2D eigenvalue weighted by Crippen LogP contribution is -2.22. The first kappa shape index (κ1) is 13.4. The first-order valence-electron chi connectivity index (χ1n) is 7.00. The highest BCUT2D eigenvalue weighted by Crippen LogP contribution is 2.30. The molecule has 3 aromatic rings. The van der Waals surface area contributed by atoms with Gasteiger partial charge < -0.3 is 10.3 Å². The Hall–Kier alpha value is -2.62. The van der Waals surface area contributed by atoms with Gasteiger partial charge in [-0.2, -0.15) is 0 Å². The van der Waals surface area contributed by atoms with Gasteiger partial charge in [0, 0.05) is 42.3 Å². The normalized spacial score (nSPS) is 10.7. The van der Waals surface area contributed by atoms with Crippen LogP contribution in [0.3, 0.4) is 0 Å². The largest absolute Gasteiger partial charge is 0.356 e. The summed E-state index contributed by atoms with van der Waals surface area (Å²) >= 11 is 0. The monoisotopic (exact) mass is 279 g/mol. The van der Waals surface area contributed by atoms with Crippen molar-refractivity contribution in [3.63, 3.8) is 0 Å². The van der Waals surface area contributed by atoms with Gasteiger partial charge in [0.15, 0.2) is 0 Å². The second-order valence-corrected chi connectivity index (χ2v) is 5.00. The maximum Gasteiger partial charge on any atom is 0.216 e. The Kier molecular flexibility index (Phi) is 3.69. The second kappa shape index (κ2) is 5.79. The standard InChI is InChI=1S/C17H17N3O/c1-12(21)19-10-8-15-14-6-2-3-7-16(14)20-17(15)13-5-4-9-18-11-13/h2-7,9,11,20H,8,10H2,1H3,(H,19,21). The second-order valence-electron chi connectivity index (χ2n) is 5.00. The van der Waals surface area contributed by atoms with Crippen molar-refractivity contribution in [2.24, 2.45) is 0 Å². The van der Waals surface area contributed by atoms with E-state index in [1.807, 2.05) is 30.5 Å². The summed E-state index contributed by atoms with van der Waals surface area (Å²) in [7, 11) is 0. The number of pyridine rings is 1. The lowest BCUT2D eigenvalue weighted by Gasteiger charge is -2.05. The lowest BCUT2D eigenvalue weighted by atomic mass is 10.0. The van der Waals surface area contributed by atoms with E-state index in [0.717, 1.165) is 23.2 Å². The Morgan fingerprint density at radius 3 is 2.86 bits per heavy atom. The van der Waals surface area contributed by atoms with Gasteiger partial charge in [0.1, 0.15) is 0 Å². The van der Waals surface area contributed by atoms with Crippen LogP contribution < -0.4 is 5.32 Å². The summed E-state index contributed by atoms with van der Waals surface area (Å²) in [6, 6.07) is 12.2. The Morgan fingerprint density at radius 2 is 2.10 bits per heavy atom. The van der Waals surface area contributed by atoms with Gasteiger partial charge in [-0.1, -0.05) is 18.2 Å².